The van der Waals surface area contributed by atoms with Crippen molar-refractivity contribution in [3.8, 4) is 22.8 Å². The Kier molecular flexibility index (Phi) is 19.5. The fourth-order valence-electron chi connectivity index (χ4n) is 8.63. The van der Waals surface area contributed by atoms with Crippen LogP contribution in [0.5, 0.6) is 11.5 Å². The third-order valence-corrected chi connectivity index (χ3v) is 13.7. The lowest BCUT2D eigenvalue weighted by Gasteiger charge is -2.35. The highest BCUT2D eigenvalue weighted by Gasteiger charge is 2.36. The molecule has 19 heteroatoms. The maximum Gasteiger partial charge on any atom is 0.263 e. The zero-order valence-electron chi connectivity index (χ0n) is 42.4. The number of amides is 5. The molecule has 2 N–H and O–H groups in total. The van der Waals surface area contributed by atoms with Gasteiger partial charge in [-0.1, -0.05) is 65.7 Å². The molecule has 1 saturated heterocycles. The molecule has 1 aliphatic heterocycles. The van der Waals surface area contributed by atoms with Crippen molar-refractivity contribution < 1.29 is 42.2 Å². The summed E-state index contributed by atoms with van der Waals surface area (Å²) in [4.78, 5) is 83.3. The smallest absolute Gasteiger partial charge is 0.263 e. The number of nitrogens with one attached hydrogen (secondary N) is 2. The number of hydrogen-bond donors (Lipinski definition) is 2. The van der Waals surface area contributed by atoms with Gasteiger partial charge in [0.05, 0.1) is 37.5 Å². The highest BCUT2D eigenvalue weighted by Crippen LogP contribution is 2.33. The van der Waals surface area contributed by atoms with Crippen LogP contribution >= 0.6 is 23.2 Å². The van der Waals surface area contributed by atoms with Gasteiger partial charge >= 0.3 is 0 Å². The molecule has 4 aromatic carbocycles. The highest BCUT2D eigenvalue weighted by atomic mass is 35.5. The van der Waals surface area contributed by atoms with E-state index in [4.69, 9.17) is 32.7 Å². The fraction of sp³-hybridized carbons (Fsp3) is 0.407. The summed E-state index contributed by atoms with van der Waals surface area (Å²) in [7, 11) is 10.4. The molecule has 2 heterocycles. The van der Waals surface area contributed by atoms with Crippen molar-refractivity contribution in [1.29, 1.82) is 0 Å². The minimum atomic E-state index is -2.71. The molecule has 15 nitrogen and oxygen atoms in total. The number of carbonyl (C=O) groups is 5. The van der Waals surface area contributed by atoms with Crippen LogP contribution in [0.1, 0.15) is 61.2 Å². The quantitative estimate of drug-likeness (QED) is 0.114. The number of halogens is 4. The number of hydrogen-bond acceptors (Lipinski definition) is 9. The van der Waals surface area contributed by atoms with Crippen molar-refractivity contribution in [1.82, 2.24) is 39.8 Å². The maximum atomic E-state index is 15.1. The van der Waals surface area contributed by atoms with Gasteiger partial charge < -0.3 is 44.3 Å². The van der Waals surface area contributed by atoms with Gasteiger partial charge in [0.1, 0.15) is 29.4 Å². The van der Waals surface area contributed by atoms with Crippen LogP contribution in [-0.2, 0) is 61.7 Å². The SMILES string of the molecule is COC[C@@H]1NC(=O)[C@H](C)N(Cc2ccc(Cl)cc2Oc2ccc(-c3cnc(CN(C)C)n3C)cc2)C(=O)C[C@@H](Cc2ccc(C(F)F)cc2)C(=O)N(C)[C@@H](C)CNC(=O)C[C@H](Cc2ccc(Cl)cc2)N(C)C1=O. The first-order chi connectivity index (χ1) is 34.7. The van der Waals surface area contributed by atoms with Crippen LogP contribution in [0, 0.1) is 5.92 Å². The van der Waals surface area contributed by atoms with Crippen molar-refractivity contribution in [3.05, 3.63) is 135 Å². The van der Waals surface area contributed by atoms with E-state index in [1.807, 2.05) is 48.9 Å². The number of ether oxygens (including phenoxy) is 2. The Morgan fingerprint density at radius 1 is 0.808 bits per heavy atom. The lowest BCUT2D eigenvalue weighted by molar-refractivity contribution is -0.147. The molecule has 0 bridgehead atoms. The highest BCUT2D eigenvalue weighted by molar-refractivity contribution is 6.31. The summed E-state index contributed by atoms with van der Waals surface area (Å²) in [6.45, 7) is 3.50. The van der Waals surface area contributed by atoms with E-state index in [0.717, 1.165) is 22.6 Å². The molecule has 1 aliphatic rings. The second kappa shape index (κ2) is 25.5. The number of rotatable bonds is 14. The number of imidazole rings is 1. The van der Waals surface area contributed by atoms with Crippen molar-refractivity contribution >= 4 is 52.7 Å². The Labute approximate surface area is 435 Å². The first-order valence-electron chi connectivity index (χ1n) is 23.9. The standard InChI is InChI=1S/C54H64Cl2F2N8O7/c1-33-28-60-49(67)27-43(24-36-11-18-41(55)19-12-36)64(6)54(71)45(32-72-8)61-52(69)34(2)66(50(68)25-40(53(70)63(33)5)23-35-9-13-38(14-10-35)51(57)58)30-39-15-20-42(56)26-47(39)73-44-21-16-37(17-22-44)46-29-59-48(65(46)7)31-62(3)4/h9-22,26,29,33-34,40,43,45,51H,23-25,27-28,30-32H2,1-8H3,(H,60,67)(H,61,69)/t33-,34-,40+,43-,45-/m0/s1. The molecule has 5 aromatic rings. The van der Waals surface area contributed by atoms with Gasteiger partial charge in [0.25, 0.3) is 6.43 Å². The second-order valence-corrected chi connectivity index (χ2v) is 19.7. The third-order valence-electron chi connectivity index (χ3n) is 13.2. The Bertz CT molecular complexity index is 2710. The predicted molar refractivity (Wildman–Crippen MR) is 276 cm³/mol. The van der Waals surface area contributed by atoms with Gasteiger partial charge in [-0.15, -0.1) is 0 Å². The Balaban J connectivity index is 1.38. The van der Waals surface area contributed by atoms with Crippen LogP contribution in [0.25, 0.3) is 11.3 Å². The normalized spacial score (nSPS) is 20.1. The van der Waals surface area contributed by atoms with Gasteiger partial charge in [0, 0.05) is 86.5 Å². The molecule has 0 aliphatic carbocycles. The van der Waals surface area contributed by atoms with E-state index in [9.17, 15) is 28.0 Å². The maximum absolute atomic E-state index is 15.1. The number of benzene rings is 4. The van der Waals surface area contributed by atoms with Crippen LogP contribution in [0.15, 0.2) is 97.2 Å². The molecule has 5 amide bonds. The van der Waals surface area contributed by atoms with Crippen LogP contribution in [0.2, 0.25) is 10.0 Å². The van der Waals surface area contributed by atoms with Gasteiger partial charge in [-0.3, -0.25) is 24.0 Å². The molecule has 1 fully saturated rings. The molecule has 390 valence electrons. The van der Waals surface area contributed by atoms with Gasteiger partial charge in [-0.2, -0.15) is 0 Å². The van der Waals surface area contributed by atoms with E-state index >= 15 is 4.79 Å². The summed E-state index contributed by atoms with van der Waals surface area (Å²) in [6.07, 6.45) is -1.20. The molecule has 73 heavy (non-hydrogen) atoms. The molecule has 0 unspecified atom stereocenters. The van der Waals surface area contributed by atoms with E-state index in [-0.39, 0.29) is 50.3 Å². The van der Waals surface area contributed by atoms with E-state index < -0.39 is 72.5 Å². The zero-order valence-corrected chi connectivity index (χ0v) is 43.9. The number of alkyl halides is 2. The Morgan fingerprint density at radius 3 is 2.10 bits per heavy atom. The van der Waals surface area contributed by atoms with E-state index in [2.05, 4.69) is 15.6 Å². The number of aromatic nitrogens is 2. The zero-order chi connectivity index (χ0) is 53.1. The number of likely N-dealkylation sites (N-methyl/N-ethyl adjacent to an activating group) is 2. The minimum absolute atomic E-state index is 0.0177. The van der Waals surface area contributed by atoms with Gasteiger partial charge in [0.2, 0.25) is 29.5 Å². The van der Waals surface area contributed by atoms with Crippen molar-refractivity contribution in [3.63, 3.8) is 0 Å². The van der Waals surface area contributed by atoms with E-state index in [1.165, 1.54) is 53.0 Å². The van der Waals surface area contributed by atoms with Crippen molar-refractivity contribution in [2.45, 2.75) is 83.2 Å². The lowest BCUT2D eigenvalue weighted by atomic mass is 9.92. The third kappa shape index (κ3) is 14.9. The molecule has 6 rings (SSSR count). The first kappa shape index (κ1) is 55.9. The number of methoxy groups -OCH3 is 1. The molecule has 1 aromatic heterocycles. The van der Waals surface area contributed by atoms with Crippen LogP contribution in [0.4, 0.5) is 8.78 Å². The van der Waals surface area contributed by atoms with Crippen LogP contribution < -0.4 is 15.4 Å². The number of carbonyl (C=O) groups excluding carboxylic acids is 5. The Hall–Kier alpha value is -6.40. The summed E-state index contributed by atoms with van der Waals surface area (Å²) in [5.74, 6) is -2.11. The average molecular weight is 1050 g/mol. The van der Waals surface area contributed by atoms with E-state index in [0.29, 0.717) is 33.5 Å². The molecule has 0 saturated carbocycles. The predicted octanol–water partition coefficient (Wildman–Crippen LogP) is 7.72. The molecule has 0 spiro atoms. The summed E-state index contributed by atoms with van der Waals surface area (Å²) < 4.78 is 41.2. The average Bonchev–Trinajstić information content (AvgIpc) is 3.72. The van der Waals surface area contributed by atoms with Crippen molar-refractivity contribution in [2.24, 2.45) is 13.0 Å². The topological polar surface area (TPSA) is 159 Å². The number of nitrogens with zero attached hydrogens (tertiary/aromatic N) is 6. The van der Waals surface area contributed by atoms with Crippen molar-refractivity contribution in [2.75, 3.05) is 48.5 Å². The summed E-state index contributed by atoms with van der Waals surface area (Å²) >= 11 is 12.8. The monoisotopic (exact) mass is 1040 g/mol. The molecule has 5 atom stereocenters. The van der Waals surface area contributed by atoms with Crippen LogP contribution in [0.3, 0.4) is 0 Å². The molecular formula is C54H64Cl2F2N8O7. The Morgan fingerprint density at radius 2 is 1.45 bits per heavy atom. The summed E-state index contributed by atoms with van der Waals surface area (Å²) in [5, 5.41) is 6.57. The van der Waals surface area contributed by atoms with Gasteiger partial charge in [-0.25, -0.2) is 13.8 Å². The lowest BCUT2D eigenvalue weighted by Crippen LogP contribution is -2.57. The summed E-state index contributed by atoms with van der Waals surface area (Å²) in [6, 6.07) is 21.1. The first-order valence-corrected chi connectivity index (χ1v) is 24.7. The minimum Gasteiger partial charge on any atom is -0.457 e. The van der Waals surface area contributed by atoms with Gasteiger partial charge in [-0.05, 0) is 100 Å². The second-order valence-electron chi connectivity index (χ2n) is 18.8. The fourth-order valence-corrected chi connectivity index (χ4v) is 8.92. The molecular weight excluding hydrogens is 982 g/mol. The van der Waals surface area contributed by atoms with Crippen LogP contribution in [-0.4, -0.2) is 131 Å². The summed E-state index contributed by atoms with van der Waals surface area (Å²) in [5.41, 5.74) is 3.40. The van der Waals surface area contributed by atoms with E-state index in [1.54, 1.807) is 75.6 Å². The largest absolute Gasteiger partial charge is 0.457 e. The molecule has 0 radical (unpaired) electrons. The van der Waals surface area contributed by atoms with Gasteiger partial charge in [0.15, 0.2) is 0 Å².